The van der Waals surface area contributed by atoms with Gasteiger partial charge < -0.3 is 15.8 Å². The fourth-order valence-corrected chi connectivity index (χ4v) is 1.87. The van der Waals surface area contributed by atoms with Gasteiger partial charge in [-0.3, -0.25) is 4.79 Å². The first-order valence-electron chi connectivity index (χ1n) is 5.18. The predicted octanol–water partition coefficient (Wildman–Crippen LogP) is 1.06. The molecular formula is C11H12N4O2S. The molecule has 6 nitrogen and oxygen atoms in total. The molecule has 2 rings (SSSR count). The third-order valence-electron chi connectivity index (χ3n) is 2.34. The Morgan fingerprint density at radius 3 is 3.00 bits per heavy atom. The number of carbonyl (C=O) groups is 1. The van der Waals surface area contributed by atoms with Gasteiger partial charge in [-0.15, -0.1) is 5.10 Å². The van der Waals surface area contributed by atoms with E-state index >= 15 is 0 Å². The van der Waals surface area contributed by atoms with Gasteiger partial charge in [0.05, 0.1) is 12.8 Å². The molecule has 18 heavy (non-hydrogen) atoms. The van der Waals surface area contributed by atoms with E-state index in [1.165, 1.54) is 0 Å². The summed E-state index contributed by atoms with van der Waals surface area (Å²) in [6.07, 6.45) is 0. The molecule has 2 aromatic rings. The van der Waals surface area contributed by atoms with Crippen molar-refractivity contribution >= 4 is 23.1 Å². The third kappa shape index (κ3) is 2.75. The first kappa shape index (κ1) is 12.3. The van der Waals surface area contributed by atoms with Gasteiger partial charge in [-0.1, -0.05) is 10.6 Å². The molecule has 0 fully saturated rings. The molecule has 0 saturated carbocycles. The van der Waals surface area contributed by atoms with Crippen LogP contribution < -0.4 is 15.8 Å². The van der Waals surface area contributed by atoms with Crippen LogP contribution in [0.4, 0.5) is 5.69 Å². The lowest BCUT2D eigenvalue weighted by molar-refractivity contribution is 0.0946. The molecule has 0 aliphatic rings. The third-order valence-corrected chi connectivity index (χ3v) is 2.84. The van der Waals surface area contributed by atoms with Crippen LogP contribution in [0.2, 0.25) is 0 Å². The molecule has 1 aromatic heterocycles. The number of benzene rings is 1. The highest BCUT2D eigenvalue weighted by Crippen LogP contribution is 2.21. The molecule has 0 spiro atoms. The van der Waals surface area contributed by atoms with Gasteiger partial charge in [0.25, 0.3) is 5.91 Å². The van der Waals surface area contributed by atoms with E-state index in [1.807, 2.05) is 6.07 Å². The molecule has 1 heterocycles. The van der Waals surface area contributed by atoms with Crippen LogP contribution >= 0.6 is 11.5 Å². The van der Waals surface area contributed by atoms with Crippen molar-refractivity contribution in [2.45, 2.75) is 6.54 Å². The number of hydrogen-bond acceptors (Lipinski definition) is 6. The number of methoxy groups -OCH3 is 1. The molecule has 1 aromatic carbocycles. The number of nitrogens with zero attached hydrogens (tertiary/aromatic N) is 2. The van der Waals surface area contributed by atoms with Gasteiger partial charge in [0.15, 0.2) is 5.69 Å². The average molecular weight is 264 g/mol. The standard InChI is InChI=1S/C11H12N4O2S/c1-17-10-3-2-7(4-8(10)12)5-13-11(16)9-6-18-15-14-9/h2-4,6H,5,12H2,1H3,(H,13,16). The topological polar surface area (TPSA) is 90.1 Å². The lowest BCUT2D eigenvalue weighted by Gasteiger charge is -2.07. The number of hydrogen-bond donors (Lipinski definition) is 2. The summed E-state index contributed by atoms with van der Waals surface area (Å²) in [6, 6.07) is 5.37. The number of aromatic nitrogens is 2. The van der Waals surface area contributed by atoms with Crippen molar-refractivity contribution < 1.29 is 9.53 Å². The Balaban J connectivity index is 1.98. The summed E-state index contributed by atoms with van der Waals surface area (Å²) in [5, 5.41) is 8.02. The van der Waals surface area contributed by atoms with E-state index in [0.29, 0.717) is 23.7 Å². The molecule has 0 atom stereocenters. The van der Waals surface area contributed by atoms with Gasteiger partial charge in [0.2, 0.25) is 0 Å². The minimum atomic E-state index is -0.252. The van der Waals surface area contributed by atoms with Crippen LogP contribution in [0.5, 0.6) is 5.75 Å². The maximum atomic E-state index is 11.6. The zero-order valence-corrected chi connectivity index (χ0v) is 10.5. The van der Waals surface area contributed by atoms with E-state index in [9.17, 15) is 4.79 Å². The summed E-state index contributed by atoms with van der Waals surface area (Å²) in [7, 11) is 1.56. The summed E-state index contributed by atoms with van der Waals surface area (Å²) in [4.78, 5) is 11.6. The summed E-state index contributed by atoms with van der Waals surface area (Å²) in [6.45, 7) is 0.380. The highest BCUT2D eigenvalue weighted by molar-refractivity contribution is 7.03. The van der Waals surface area contributed by atoms with Crippen LogP contribution in [-0.4, -0.2) is 22.6 Å². The average Bonchev–Trinajstić information content (AvgIpc) is 2.90. The Kier molecular flexibility index (Phi) is 3.73. The van der Waals surface area contributed by atoms with Gasteiger partial charge in [-0.05, 0) is 29.2 Å². The summed E-state index contributed by atoms with van der Waals surface area (Å²) < 4.78 is 8.68. The Morgan fingerprint density at radius 2 is 2.39 bits per heavy atom. The van der Waals surface area contributed by atoms with E-state index in [-0.39, 0.29) is 5.91 Å². The Bertz CT molecular complexity index is 542. The summed E-state index contributed by atoms with van der Waals surface area (Å²) in [5.41, 5.74) is 7.53. The number of nitrogen functional groups attached to an aromatic ring is 1. The number of nitrogens with one attached hydrogen (secondary N) is 1. The van der Waals surface area contributed by atoms with Crippen molar-refractivity contribution in [1.29, 1.82) is 0 Å². The molecule has 0 aliphatic heterocycles. The van der Waals surface area contributed by atoms with Crippen molar-refractivity contribution in [3.8, 4) is 5.75 Å². The molecule has 94 valence electrons. The molecule has 3 N–H and O–H groups in total. The van der Waals surface area contributed by atoms with E-state index in [4.69, 9.17) is 10.5 Å². The Morgan fingerprint density at radius 1 is 1.56 bits per heavy atom. The van der Waals surface area contributed by atoms with Crippen LogP contribution in [0.25, 0.3) is 0 Å². The number of carbonyl (C=O) groups excluding carboxylic acids is 1. The SMILES string of the molecule is COc1ccc(CNC(=O)c2csnn2)cc1N. The number of ether oxygens (including phenoxy) is 1. The fourth-order valence-electron chi connectivity index (χ4n) is 1.43. The normalized spacial score (nSPS) is 10.1. The van der Waals surface area contributed by atoms with Crippen molar-refractivity contribution in [1.82, 2.24) is 14.9 Å². The second-order valence-corrected chi connectivity index (χ2v) is 4.16. The fraction of sp³-hybridized carbons (Fsp3) is 0.182. The van der Waals surface area contributed by atoms with Crippen LogP contribution in [0.15, 0.2) is 23.6 Å². The first-order chi connectivity index (χ1) is 8.70. The monoisotopic (exact) mass is 264 g/mol. The molecule has 0 unspecified atom stereocenters. The minimum absolute atomic E-state index is 0.252. The van der Waals surface area contributed by atoms with Crippen molar-refractivity contribution in [3.63, 3.8) is 0 Å². The largest absolute Gasteiger partial charge is 0.495 e. The molecule has 0 aliphatic carbocycles. The van der Waals surface area contributed by atoms with Gasteiger partial charge in [-0.2, -0.15) is 0 Å². The Labute approximate surface area is 108 Å². The number of anilines is 1. The lowest BCUT2D eigenvalue weighted by atomic mass is 10.2. The van der Waals surface area contributed by atoms with Gasteiger partial charge >= 0.3 is 0 Å². The van der Waals surface area contributed by atoms with Gasteiger partial charge in [-0.25, -0.2) is 0 Å². The van der Waals surface area contributed by atoms with E-state index in [1.54, 1.807) is 24.6 Å². The second kappa shape index (κ2) is 5.46. The van der Waals surface area contributed by atoms with Gasteiger partial charge in [0, 0.05) is 11.9 Å². The van der Waals surface area contributed by atoms with Crippen LogP contribution in [0.1, 0.15) is 16.1 Å². The van der Waals surface area contributed by atoms with Crippen LogP contribution in [0.3, 0.4) is 0 Å². The smallest absolute Gasteiger partial charge is 0.273 e. The first-order valence-corrected chi connectivity index (χ1v) is 6.02. The lowest BCUT2D eigenvalue weighted by Crippen LogP contribution is -2.23. The molecule has 7 heteroatoms. The predicted molar refractivity (Wildman–Crippen MR) is 68.5 cm³/mol. The molecule has 0 saturated heterocycles. The van der Waals surface area contributed by atoms with Crippen LogP contribution in [-0.2, 0) is 6.54 Å². The molecule has 0 bridgehead atoms. The molecular weight excluding hydrogens is 252 g/mol. The van der Waals surface area contributed by atoms with E-state index in [2.05, 4.69) is 14.9 Å². The zero-order chi connectivity index (χ0) is 13.0. The molecule has 0 radical (unpaired) electrons. The maximum Gasteiger partial charge on any atom is 0.273 e. The maximum absolute atomic E-state index is 11.6. The zero-order valence-electron chi connectivity index (χ0n) is 9.71. The quantitative estimate of drug-likeness (QED) is 0.806. The van der Waals surface area contributed by atoms with Crippen LogP contribution in [0, 0.1) is 0 Å². The molecule has 1 amide bonds. The minimum Gasteiger partial charge on any atom is -0.495 e. The van der Waals surface area contributed by atoms with E-state index in [0.717, 1.165) is 17.1 Å². The van der Waals surface area contributed by atoms with Crippen molar-refractivity contribution in [2.24, 2.45) is 0 Å². The number of rotatable bonds is 4. The van der Waals surface area contributed by atoms with Crippen molar-refractivity contribution in [3.05, 3.63) is 34.8 Å². The summed E-state index contributed by atoms with van der Waals surface area (Å²) >= 11 is 1.14. The summed E-state index contributed by atoms with van der Waals surface area (Å²) in [5.74, 6) is 0.368. The highest BCUT2D eigenvalue weighted by Gasteiger charge is 2.08. The van der Waals surface area contributed by atoms with E-state index < -0.39 is 0 Å². The van der Waals surface area contributed by atoms with Gasteiger partial charge in [0.1, 0.15) is 5.75 Å². The second-order valence-electron chi connectivity index (χ2n) is 3.55. The number of nitrogens with two attached hydrogens (primary N) is 1. The number of amides is 1. The highest BCUT2D eigenvalue weighted by atomic mass is 32.1. The Hall–Kier alpha value is -2.15. The van der Waals surface area contributed by atoms with Crippen molar-refractivity contribution in [2.75, 3.05) is 12.8 Å².